The van der Waals surface area contributed by atoms with Crippen molar-refractivity contribution < 1.29 is 0 Å². The van der Waals surface area contributed by atoms with Gasteiger partial charge < -0.3 is 0 Å². The molecule has 0 saturated heterocycles. The van der Waals surface area contributed by atoms with E-state index >= 15 is 0 Å². The van der Waals surface area contributed by atoms with Crippen molar-refractivity contribution >= 4 is 0 Å². The highest BCUT2D eigenvalue weighted by Crippen LogP contribution is 2.98. The van der Waals surface area contributed by atoms with Crippen molar-refractivity contribution in [3.05, 3.63) is 0 Å². The van der Waals surface area contributed by atoms with Gasteiger partial charge in [0.2, 0.25) is 0 Å². The molecule has 0 aromatic carbocycles. The highest BCUT2D eigenvalue weighted by molar-refractivity contribution is 5.40. The molecule has 6 aliphatic carbocycles. The van der Waals surface area contributed by atoms with Gasteiger partial charge in [0.25, 0.3) is 0 Å². The van der Waals surface area contributed by atoms with Crippen LogP contribution in [0.25, 0.3) is 0 Å². The van der Waals surface area contributed by atoms with Crippen LogP contribution in [0.15, 0.2) is 0 Å². The molecule has 9 atom stereocenters. The minimum Gasteiger partial charge on any atom is -0.0490 e. The molecule has 1 spiro atoms. The average molecular weight is 158 g/mol. The molecule has 0 aliphatic heterocycles. The van der Waals surface area contributed by atoms with Gasteiger partial charge in [0, 0.05) is 0 Å². The van der Waals surface area contributed by atoms with Crippen LogP contribution in [0.5, 0.6) is 0 Å². The molecule has 6 rings (SSSR count). The van der Waals surface area contributed by atoms with Gasteiger partial charge in [0.15, 0.2) is 0 Å². The Morgan fingerprint density at radius 1 is 0.917 bits per heavy atom. The van der Waals surface area contributed by atoms with E-state index in [-0.39, 0.29) is 0 Å². The van der Waals surface area contributed by atoms with E-state index in [0.29, 0.717) is 0 Å². The molecule has 6 saturated carbocycles. The number of fused-ring (bicyclic) bond motifs is 3. The van der Waals surface area contributed by atoms with E-state index < -0.39 is 0 Å². The van der Waals surface area contributed by atoms with Crippen LogP contribution < -0.4 is 0 Å². The molecule has 0 bridgehead atoms. The maximum Gasteiger partial charge on any atom is -0.0201 e. The van der Waals surface area contributed by atoms with Gasteiger partial charge in [-0.05, 0) is 72.0 Å². The Hall–Kier alpha value is 0. The first-order chi connectivity index (χ1) is 5.94. The normalized spacial score (nSPS) is 94.0. The summed E-state index contributed by atoms with van der Waals surface area (Å²) in [5, 5.41) is 0. The number of rotatable bonds is 0. The Labute approximate surface area is 72.7 Å². The smallest absolute Gasteiger partial charge is 0.0201 e. The van der Waals surface area contributed by atoms with Crippen LogP contribution in [0.2, 0.25) is 0 Å². The lowest BCUT2D eigenvalue weighted by Gasteiger charge is -2.78. The second-order valence-electron chi connectivity index (χ2n) is 6.60. The lowest BCUT2D eigenvalue weighted by atomic mass is 9.26. The van der Waals surface area contributed by atoms with Crippen LogP contribution >= 0.6 is 0 Å². The standard InChI is InChI=1S/C12H14/c1-2-12-5(1)9-8-4-3-6(12)7(4)10(8)11(9)12/h4-11H,1-3H2. The predicted octanol–water partition coefficient (Wildman–Crippen LogP) is 2.15. The fraction of sp³-hybridized carbons (Fsp3) is 1.00. The SMILES string of the molecule is C1C2C3C4C2C1C12CCC1C3C42. The molecule has 0 amide bonds. The second kappa shape index (κ2) is 1.01. The van der Waals surface area contributed by atoms with Gasteiger partial charge >= 0.3 is 0 Å². The lowest BCUT2D eigenvalue weighted by molar-refractivity contribution is -0.311. The number of hydrogen-bond donors (Lipinski definition) is 0. The van der Waals surface area contributed by atoms with Crippen LogP contribution in [0.1, 0.15) is 19.3 Å². The summed E-state index contributed by atoms with van der Waals surface area (Å²) in [5.41, 5.74) is 1.03. The number of hydrogen-bond acceptors (Lipinski definition) is 0. The first-order valence-corrected chi connectivity index (χ1v) is 5.94. The zero-order chi connectivity index (χ0) is 7.24. The van der Waals surface area contributed by atoms with Crippen LogP contribution in [-0.4, -0.2) is 0 Å². The van der Waals surface area contributed by atoms with Crippen molar-refractivity contribution in [2.45, 2.75) is 19.3 Å². The van der Waals surface area contributed by atoms with Crippen molar-refractivity contribution in [2.75, 3.05) is 0 Å². The highest BCUT2D eigenvalue weighted by atomic mass is 15.0. The van der Waals surface area contributed by atoms with Crippen molar-refractivity contribution in [1.29, 1.82) is 0 Å². The summed E-state index contributed by atoms with van der Waals surface area (Å²) in [7, 11) is 0. The van der Waals surface area contributed by atoms with E-state index in [4.69, 9.17) is 0 Å². The molecule has 0 nitrogen and oxygen atoms in total. The topological polar surface area (TPSA) is 0 Å². The summed E-state index contributed by atoms with van der Waals surface area (Å²) in [5.74, 6) is 10.4. The molecule has 0 heteroatoms. The largest absolute Gasteiger partial charge is 0.0490 e. The maximum absolute atomic E-state index is 1.69. The first-order valence-electron chi connectivity index (χ1n) is 5.94. The molecule has 0 aromatic rings. The third-order valence-electron chi connectivity index (χ3n) is 7.50. The molecule has 62 valence electrons. The zero-order valence-corrected chi connectivity index (χ0v) is 7.24. The van der Waals surface area contributed by atoms with Gasteiger partial charge in [-0.25, -0.2) is 0 Å². The Bertz CT molecular complexity index is 318. The molecule has 9 unspecified atom stereocenters. The summed E-state index contributed by atoms with van der Waals surface area (Å²) >= 11 is 0. The molecule has 0 heterocycles. The molecular formula is C12H14. The Morgan fingerprint density at radius 3 is 2.75 bits per heavy atom. The van der Waals surface area contributed by atoms with Gasteiger partial charge in [0.05, 0.1) is 0 Å². The van der Waals surface area contributed by atoms with Crippen molar-refractivity contribution in [3.8, 4) is 0 Å². The highest BCUT2D eigenvalue weighted by Gasteiger charge is 2.93. The van der Waals surface area contributed by atoms with Gasteiger partial charge in [-0.15, -0.1) is 0 Å². The fourth-order valence-corrected chi connectivity index (χ4v) is 7.46. The van der Waals surface area contributed by atoms with E-state index in [9.17, 15) is 0 Å². The van der Waals surface area contributed by atoms with Crippen LogP contribution in [0.4, 0.5) is 0 Å². The van der Waals surface area contributed by atoms with E-state index in [1.807, 2.05) is 0 Å². The summed E-state index contributed by atoms with van der Waals surface area (Å²) in [6, 6.07) is 0. The third kappa shape index (κ3) is 0.198. The Kier molecular flexibility index (Phi) is 0.423. The van der Waals surface area contributed by atoms with E-state index in [1.165, 1.54) is 47.3 Å². The lowest BCUT2D eigenvalue weighted by Crippen LogP contribution is -2.74. The van der Waals surface area contributed by atoms with Crippen LogP contribution in [0, 0.1) is 52.8 Å². The van der Waals surface area contributed by atoms with Gasteiger partial charge in [-0.1, -0.05) is 0 Å². The third-order valence-corrected chi connectivity index (χ3v) is 7.50. The Balaban J connectivity index is 1.74. The predicted molar refractivity (Wildman–Crippen MR) is 44.2 cm³/mol. The van der Waals surface area contributed by atoms with Crippen LogP contribution in [-0.2, 0) is 0 Å². The van der Waals surface area contributed by atoms with E-state index in [0.717, 1.165) is 5.41 Å². The monoisotopic (exact) mass is 158 g/mol. The zero-order valence-electron chi connectivity index (χ0n) is 7.24. The maximum atomic E-state index is 1.69. The first kappa shape index (κ1) is 5.02. The molecular weight excluding hydrogens is 144 g/mol. The molecule has 6 aliphatic rings. The minimum atomic E-state index is 1.03. The summed E-state index contributed by atoms with van der Waals surface area (Å²) < 4.78 is 0. The molecule has 0 aromatic heterocycles. The summed E-state index contributed by atoms with van der Waals surface area (Å²) in [6.07, 6.45) is 4.99. The molecule has 0 N–H and O–H groups in total. The molecule has 6 fully saturated rings. The van der Waals surface area contributed by atoms with Crippen molar-refractivity contribution in [2.24, 2.45) is 52.8 Å². The Morgan fingerprint density at radius 2 is 1.92 bits per heavy atom. The summed E-state index contributed by atoms with van der Waals surface area (Å²) in [4.78, 5) is 0. The van der Waals surface area contributed by atoms with Gasteiger partial charge in [-0.3, -0.25) is 0 Å². The molecule has 12 heavy (non-hydrogen) atoms. The minimum absolute atomic E-state index is 1.03. The quantitative estimate of drug-likeness (QED) is 0.507. The average Bonchev–Trinajstić information content (AvgIpc) is 2.32. The van der Waals surface area contributed by atoms with E-state index in [1.54, 1.807) is 19.3 Å². The van der Waals surface area contributed by atoms with Crippen molar-refractivity contribution in [1.82, 2.24) is 0 Å². The van der Waals surface area contributed by atoms with Gasteiger partial charge in [0.1, 0.15) is 0 Å². The fourth-order valence-electron chi connectivity index (χ4n) is 7.46. The van der Waals surface area contributed by atoms with Crippen LogP contribution in [0.3, 0.4) is 0 Å². The van der Waals surface area contributed by atoms with E-state index in [2.05, 4.69) is 0 Å². The second-order valence-corrected chi connectivity index (χ2v) is 6.60. The van der Waals surface area contributed by atoms with Gasteiger partial charge in [-0.2, -0.15) is 0 Å². The summed E-state index contributed by atoms with van der Waals surface area (Å²) in [6.45, 7) is 0. The molecule has 0 radical (unpaired) electrons. The van der Waals surface area contributed by atoms with Crippen molar-refractivity contribution in [3.63, 3.8) is 0 Å².